The molecule has 74 valence electrons. The van der Waals surface area contributed by atoms with Gasteiger partial charge in [-0.05, 0) is 30.2 Å². The zero-order chi connectivity index (χ0) is 10.6. The number of hydrogen-bond acceptors (Lipinski definition) is 2. The van der Waals surface area contributed by atoms with E-state index in [1.54, 1.807) is 13.2 Å². The largest absolute Gasteiger partial charge is 0.496 e. The lowest BCUT2D eigenvalue weighted by Gasteiger charge is -2.06. The normalized spacial score (nSPS) is 10.4. The molecular weight excluding hydrogens is 180 g/mol. The first-order valence-corrected chi connectivity index (χ1v) is 4.19. The maximum atomic E-state index is 10.3. The molecule has 0 heterocycles. The van der Waals surface area contributed by atoms with Crippen LogP contribution < -0.4 is 4.74 Å². The van der Waals surface area contributed by atoms with E-state index in [4.69, 9.17) is 9.84 Å². The van der Waals surface area contributed by atoms with Crippen molar-refractivity contribution in [1.29, 1.82) is 0 Å². The van der Waals surface area contributed by atoms with Crippen LogP contribution in [-0.2, 0) is 4.79 Å². The van der Waals surface area contributed by atoms with E-state index in [1.165, 1.54) is 0 Å². The molecule has 0 saturated carbocycles. The van der Waals surface area contributed by atoms with Crippen LogP contribution >= 0.6 is 0 Å². The molecule has 1 aromatic carbocycles. The second-order valence-electron chi connectivity index (χ2n) is 2.85. The van der Waals surface area contributed by atoms with E-state index in [0.29, 0.717) is 0 Å². The number of carboxylic acids is 1. The molecule has 0 aromatic heterocycles. The Balaban J connectivity index is 3.03. The third kappa shape index (κ3) is 2.36. The van der Waals surface area contributed by atoms with Gasteiger partial charge < -0.3 is 9.84 Å². The highest BCUT2D eigenvalue weighted by Gasteiger charge is 2.00. The van der Waals surface area contributed by atoms with Crippen LogP contribution in [0.2, 0.25) is 0 Å². The molecule has 0 fully saturated rings. The van der Waals surface area contributed by atoms with Crippen LogP contribution in [-0.4, -0.2) is 18.2 Å². The number of aliphatic carboxylic acids is 1. The van der Waals surface area contributed by atoms with Crippen molar-refractivity contribution in [2.75, 3.05) is 7.11 Å². The van der Waals surface area contributed by atoms with E-state index >= 15 is 0 Å². The van der Waals surface area contributed by atoms with Gasteiger partial charge in [-0.25, -0.2) is 4.79 Å². The van der Waals surface area contributed by atoms with E-state index in [0.717, 1.165) is 23.0 Å². The molecule has 0 amide bonds. The molecule has 0 aliphatic heterocycles. The number of ether oxygens (including phenoxy) is 1. The van der Waals surface area contributed by atoms with Gasteiger partial charge in [0.2, 0.25) is 0 Å². The second kappa shape index (κ2) is 4.46. The number of benzene rings is 1. The molecule has 0 unspecified atom stereocenters. The average molecular weight is 192 g/mol. The van der Waals surface area contributed by atoms with Gasteiger partial charge in [-0.15, -0.1) is 0 Å². The van der Waals surface area contributed by atoms with Crippen molar-refractivity contribution in [2.24, 2.45) is 0 Å². The molecule has 0 radical (unpaired) electrons. The van der Waals surface area contributed by atoms with Crippen molar-refractivity contribution in [3.63, 3.8) is 0 Å². The first-order chi connectivity index (χ1) is 6.65. The first-order valence-electron chi connectivity index (χ1n) is 4.19. The first kappa shape index (κ1) is 10.3. The van der Waals surface area contributed by atoms with E-state index in [2.05, 4.69) is 0 Å². The number of carboxylic acid groups (broad SMARTS) is 1. The molecule has 1 rings (SSSR count). The number of carbonyl (C=O) groups is 1. The quantitative estimate of drug-likeness (QED) is 0.746. The third-order valence-electron chi connectivity index (χ3n) is 1.95. The Hall–Kier alpha value is -1.77. The summed E-state index contributed by atoms with van der Waals surface area (Å²) < 4.78 is 5.11. The fourth-order valence-electron chi connectivity index (χ4n) is 1.19. The van der Waals surface area contributed by atoms with Crippen LogP contribution in [0.4, 0.5) is 0 Å². The maximum Gasteiger partial charge on any atom is 0.328 e. The highest BCUT2D eigenvalue weighted by atomic mass is 16.5. The van der Waals surface area contributed by atoms with Crippen molar-refractivity contribution < 1.29 is 14.6 Å². The van der Waals surface area contributed by atoms with Gasteiger partial charge in [0, 0.05) is 6.08 Å². The topological polar surface area (TPSA) is 46.5 Å². The second-order valence-corrected chi connectivity index (χ2v) is 2.85. The van der Waals surface area contributed by atoms with E-state index < -0.39 is 5.97 Å². The minimum atomic E-state index is -0.952. The summed E-state index contributed by atoms with van der Waals surface area (Å²) in [7, 11) is 1.59. The fraction of sp³-hybridized carbons (Fsp3) is 0.182. The van der Waals surface area contributed by atoms with Gasteiger partial charge in [0.25, 0.3) is 0 Å². The van der Waals surface area contributed by atoms with Gasteiger partial charge in [0.15, 0.2) is 0 Å². The van der Waals surface area contributed by atoms with Gasteiger partial charge >= 0.3 is 5.97 Å². The molecule has 0 spiro atoms. The van der Waals surface area contributed by atoms with Gasteiger partial charge in [-0.2, -0.15) is 0 Å². The Morgan fingerprint density at radius 3 is 2.79 bits per heavy atom. The highest BCUT2D eigenvalue weighted by Crippen LogP contribution is 2.21. The molecule has 3 nitrogen and oxygen atoms in total. The molecule has 0 saturated heterocycles. The summed E-state index contributed by atoms with van der Waals surface area (Å²) >= 11 is 0. The molecule has 0 atom stereocenters. The monoisotopic (exact) mass is 192 g/mol. The Morgan fingerprint density at radius 1 is 1.50 bits per heavy atom. The summed E-state index contributed by atoms with van der Waals surface area (Å²) in [5.74, 6) is -0.190. The van der Waals surface area contributed by atoms with Gasteiger partial charge in [0.1, 0.15) is 5.75 Å². The lowest BCUT2D eigenvalue weighted by atomic mass is 10.1. The third-order valence-corrected chi connectivity index (χ3v) is 1.95. The summed E-state index contributed by atoms with van der Waals surface area (Å²) in [6.45, 7) is 1.89. The summed E-state index contributed by atoms with van der Waals surface area (Å²) in [6, 6.07) is 5.51. The van der Waals surface area contributed by atoms with Crippen molar-refractivity contribution in [2.45, 2.75) is 6.92 Å². The van der Waals surface area contributed by atoms with E-state index in [-0.39, 0.29) is 0 Å². The lowest BCUT2D eigenvalue weighted by molar-refractivity contribution is -0.131. The number of methoxy groups -OCH3 is 1. The highest BCUT2D eigenvalue weighted by molar-refractivity contribution is 5.85. The standard InChI is InChI=1S/C11H12O3/c1-8-9(6-7-11(12)13)4-3-5-10(8)14-2/h3-7H,1-2H3,(H,12,13). The predicted molar refractivity (Wildman–Crippen MR) is 54.4 cm³/mol. The number of hydrogen-bond donors (Lipinski definition) is 1. The average Bonchev–Trinajstić information content (AvgIpc) is 2.16. The van der Waals surface area contributed by atoms with Crippen molar-refractivity contribution in [3.05, 3.63) is 35.4 Å². The minimum Gasteiger partial charge on any atom is -0.496 e. The van der Waals surface area contributed by atoms with Crippen molar-refractivity contribution in [3.8, 4) is 5.75 Å². The smallest absolute Gasteiger partial charge is 0.328 e. The van der Waals surface area contributed by atoms with Crippen LogP contribution in [0, 0.1) is 6.92 Å². The molecule has 0 bridgehead atoms. The van der Waals surface area contributed by atoms with Crippen LogP contribution in [0.1, 0.15) is 11.1 Å². The van der Waals surface area contributed by atoms with Crippen LogP contribution in [0.15, 0.2) is 24.3 Å². The molecular formula is C11H12O3. The van der Waals surface area contributed by atoms with Crippen LogP contribution in [0.3, 0.4) is 0 Å². The number of rotatable bonds is 3. The molecule has 0 aliphatic rings. The van der Waals surface area contributed by atoms with E-state index in [9.17, 15) is 4.79 Å². The molecule has 0 aliphatic carbocycles. The summed E-state index contributed by atoms with van der Waals surface area (Å²) in [6.07, 6.45) is 2.67. The lowest BCUT2D eigenvalue weighted by Crippen LogP contribution is -1.90. The summed E-state index contributed by atoms with van der Waals surface area (Å²) in [5, 5.41) is 8.47. The van der Waals surface area contributed by atoms with E-state index in [1.807, 2.05) is 25.1 Å². The Bertz CT molecular complexity index is 367. The van der Waals surface area contributed by atoms with Gasteiger partial charge in [0.05, 0.1) is 7.11 Å². The minimum absolute atomic E-state index is 0.762. The molecule has 1 aromatic rings. The fourth-order valence-corrected chi connectivity index (χ4v) is 1.19. The van der Waals surface area contributed by atoms with Gasteiger partial charge in [-0.3, -0.25) is 0 Å². The summed E-state index contributed by atoms with van der Waals surface area (Å²) in [5.41, 5.74) is 1.79. The van der Waals surface area contributed by atoms with Gasteiger partial charge in [-0.1, -0.05) is 12.1 Å². The molecule has 1 N–H and O–H groups in total. The zero-order valence-electron chi connectivity index (χ0n) is 8.15. The molecule has 14 heavy (non-hydrogen) atoms. The SMILES string of the molecule is COc1cccc(C=CC(=O)O)c1C. The van der Waals surface area contributed by atoms with Crippen LogP contribution in [0.25, 0.3) is 6.08 Å². The molecule has 3 heteroatoms. The Kier molecular flexibility index (Phi) is 3.29. The van der Waals surface area contributed by atoms with Crippen molar-refractivity contribution in [1.82, 2.24) is 0 Å². The predicted octanol–water partition coefficient (Wildman–Crippen LogP) is 2.10. The maximum absolute atomic E-state index is 10.3. The Labute approximate surface area is 82.6 Å². The van der Waals surface area contributed by atoms with Crippen molar-refractivity contribution >= 4 is 12.0 Å². The summed E-state index contributed by atoms with van der Waals surface area (Å²) in [4.78, 5) is 10.3. The Morgan fingerprint density at radius 2 is 2.21 bits per heavy atom. The zero-order valence-corrected chi connectivity index (χ0v) is 8.15. The van der Waals surface area contributed by atoms with Crippen LogP contribution in [0.5, 0.6) is 5.75 Å².